The van der Waals surface area contributed by atoms with E-state index in [-0.39, 0.29) is 18.6 Å². The first-order valence-electron chi connectivity index (χ1n) is 8.03. The Balaban J connectivity index is 1.55. The van der Waals surface area contributed by atoms with E-state index in [1.807, 2.05) is 0 Å². The number of rotatable bonds is 3. The lowest BCUT2D eigenvalue weighted by atomic mass is 10.2. The number of nitrogens with zero attached hydrogens (tertiary/aromatic N) is 3. The Morgan fingerprint density at radius 2 is 2.04 bits per heavy atom. The lowest BCUT2D eigenvalue weighted by Crippen LogP contribution is -2.50. The summed E-state index contributed by atoms with van der Waals surface area (Å²) in [7, 11) is 0. The van der Waals surface area contributed by atoms with Crippen LogP contribution >= 0.6 is 0 Å². The predicted molar refractivity (Wildman–Crippen MR) is 85.3 cm³/mol. The van der Waals surface area contributed by atoms with E-state index in [1.165, 1.54) is 0 Å². The number of nitrogens with one attached hydrogen (secondary N) is 2. The van der Waals surface area contributed by atoms with Crippen LogP contribution in [0.3, 0.4) is 0 Å². The van der Waals surface area contributed by atoms with Gasteiger partial charge >= 0.3 is 6.09 Å². The number of amides is 2. The highest BCUT2D eigenvalue weighted by Crippen LogP contribution is 2.30. The molecular formula is C15H19N5O4. The number of carbonyl (C=O) groups excluding carboxylic acids is 2. The molecule has 1 atom stereocenters. The zero-order valence-corrected chi connectivity index (χ0v) is 13.2. The maximum absolute atomic E-state index is 12.2. The van der Waals surface area contributed by atoms with Gasteiger partial charge in [0.2, 0.25) is 0 Å². The van der Waals surface area contributed by atoms with Gasteiger partial charge in [0.25, 0.3) is 5.91 Å². The van der Waals surface area contributed by atoms with Crippen LogP contribution in [0.5, 0.6) is 5.75 Å². The number of anilines is 2. The molecule has 0 aliphatic carbocycles. The van der Waals surface area contributed by atoms with Crippen molar-refractivity contribution >= 4 is 23.6 Å². The Kier molecular flexibility index (Phi) is 3.95. The zero-order valence-electron chi connectivity index (χ0n) is 13.2. The van der Waals surface area contributed by atoms with Crippen LogP contribution in [-0.2, 0) is 9.53 Å². The van der Waals surface area contributed by atoms with Gasteiger partial charge in [-0.15, -0.1) is 0 Å². The molecule has 128 valence electrons. The van der Waals surface area contributed by atoms with Crippen molar-refractivity contribution in [3.63, 3.8) is 0 Å². The topological polar surface area (TPSA) is 96.0 Å². The van der Waals surface area contributed by atoms with Gasteiger partial charge < -0.3 is 20.1 Å². The molecule has 24 heavy (non-hydrogen) atoms. The summed E-state index contributed by atoms with van der Waals surface area (Å²) >= 11 is 0. The molecule has 0 radical (unpaired) electrons. The number of aromatic nitrogens is 1. The largest absolute Gasteiger partial charge is 0.480 e. The highest BCUT2D eigenvalue weighted by molar-refractivity contribution is 5.95. The molecule has 2 amide bonds. The Bertz CT molecular complexity index is 661. The van der Waals surface area contributed by atoms with Crippen molar-refractivity contribution in [3.8, 4) is 5.75 Å². The fourth-order valence-electron chi connectivity index (χ4n) is 3.16. The molecule has 9 heteroatoms. The van der Waals surface area contributed by atoms with Crippen molar-refractivity contribution < 1.29 is 19.1 Å². The van der Waals surface area contributed by atoms with Crippen molar-refractivity contribution in [3.05, 3.63) is 12.1 Å². The zero-order chi connectivity index (χ0) is 16.5. The molecule has 2 saturated heterocycles. The first-order chi connectivity index (χ1) is 11.7. The van der Waals surface area contributed by atoms with E-state index in [2.05, 4.69) is 20.5 Å². The van der Waals surface area contributed by atoms with E-state index in [4.69, 9.17) is 9.47 Å². The molecular weight excluding hydrogens is 314 g/mol. The minimum atomic E-state index is -0.411. The Hall–Kier alpha value is -2.39. The summed E-state index contributed by atoms with van der Waals surface area (Å²) in [6.45, 7) is 4.83. The fourth-order valence-corrected chi connectivity index (χ4v) is 3.16. The predicted octanol–water partition coefficient (Wildman–Crippen LogP) is -0.357. The highest BCUT2D eigenvalue weighted by Gasteiger charge is 2.37. The molecule has 0 aromatic carbocycles. The number of piperazine rings is 1. The number of cyclic esters (lactones) is 1. The highest BCUT2D eigenvalue weighted by atomic mass is 16.6. The van der Waals surface area contributed by atoms with Gasteiger partial charge in [-0.05, 0) is 12.1 Å². The summed E-state index contributed by atoms with van der Waals surface area (Å²) < 4.78 is 10.5. The standard InChI is InChI=1S/C15H19N5O4/c21-13-9-23-11-1-2-12(17-14(11)18-13)20-10(8-24-15(20)22)7-19-5-3-16-4-6-19/h1-2,10,16H,3-9H2,(H,17,18,21)/t10-/m0/s1. The van der Waals surface area contributed by atoms with Crippen molar-refractivity contribution in [1.82, 2.24) is 15.2 Å². The van der Waals surface area contributed by atoms with E-state index in [1.54, 1.807) is 17.0 Å². The Morgan fingerprint density at radius 1 is 1.21 bits per heavy atom. The number of ether oxygens (including phenoxy) is 2. The summed E-state index contributed by atoms with van der Waals surface area (Å²) in [4.78, 5) is 31.9. The normalized spacial score (nSPS) is 24.2. The van der Waals surface area contributed by atoms with E-state index < -0.39 is 6.09 Å². The summed E-state index contributed by atoms with van der Waals surface area (Å²) in [5.41, 5.74) is 0. The van der Waals surface area contributed by atoms with E-state index in [0.717, 1.165) is 32.7 Å². The van der Waals surface area contributed by atoms with Gasteiger partial charge in [-0.1, -0.05) is 0 Å². The molecule has 2 N–H and O–H groups in total. The van der Waals surface area contributed by atoms with Crippen LogP contribution in [0.4, 0.5) is 16.4 Å². The third-order valence-electron chi connectivity index (χ3n) is 4.35. The minimum Gasteiger partial charge on any atom is -0.480 e. The van der Waals surface area contributed by atoms with Gasteiger partial charge in [-0.2, -0.15) is 0 Å². The number of pyridine rings is 1. The van der Waals surface area contributed by atoms with Crippen LogP contribution in [0.25, 0.3) is 0 Å². The van der Waals surface area contributed by atoms with Crippen molar-refractivity contribution in [2.75, 3.05) is 56.2 Å². The van der Waals surface area contributed by atoms with Crippen molar-refractivity contribution in [2.24, 2.45) is 0 Å². The molecule has 1 aromatic heterocycles. The summed E-state index contributed by atoms with van der Waals surface area (Å²) in [5, 5.41) is 5.97. The smallest absolute Gasteiger partial charge is 0.415 e. The molecule has 0 spiro atoms. The molecule has 2 fully saturated rings. The summed E-state index contributed by atoms with van der Waals surface area (Å²) in [6.07, 6.45) is -0.411. The quantitative estimate of drug-likeness (QED) is 0.780. The van der Waals surface area contributed by atoms with Gasteiger partial charge in [-0.3, -0.25) is 14.6 Å². The molecule has 4 rings (SSSR count). The third kappa shape index (κ3) is 2.87. The van der Waals surface area contributed by atoms with Gasteiger partial charge in [0.15, 0.2) is 18.2 Å². The van der Waals surface area contributed by atoms with Crippen molar-refractivity contribution in [2.45, 2.75) is 6.04 Å². The van der Waals surface area contributed by atoms with Crippen molar-refractivity contribution in [1.29, 1.82) is 0 Å². The average molecular weight is 333 g/mol. The number of hydrogen-bond acceptors (Lipinski definition) is 7. The number of carbonyl (C=O) groups is 2. The molecule has 0 bridgehead atoms. The fraction of sp³-hybridized carbons (Fsp3) is 0.533. The lowest BCUT2D eigenvalue weighted by Gasteiger charge is -2.31. The molecule has 1 aromatic rings. The number of fused-ring (bicyclic) bond motifs is 1. The van der Waals surface area contributed by atoms with Gasteiger partial charge in [-0.25, -0.2) is 9.78 Å². The molecule has 3 aliphatic heterocycles. The lowest BCUT2D eigenvalue weighted by molar-refractivity contribution is -0.118. The second kappa shape index (κ2) is 6.25. The van der Waals surface area contributed by atoms with Crippen LogP contribution in [0.2, 0.25) is 0 Å². The number of hydrogen-bond donors (Lipinski definition) is 2. The molecule has 9 nitrogen and oxygen atoms in total. The maximum Gasteiger partial charge on any atom is 0.415 e. The average Bonchev–Trinajstić information content (AvgIpc) is 2.95. The van der Waals surface area contributed by atoms with E-state index in [9.17, 15) is 9.59 Å². The maximum atomic E-state index is 12.2. The first-order valence-corrected chi connectivity index (χ1v) is 8.03. The Morgan fingerprint density at radius 3 is 2.88 bits per heavy atom. The second-order valence-electron chi connectivity index (χ2n) is 6.00. The van der Waals surface area contributed by atoms with Crippen LogP contribution in [0.15, 0.2) is 12.1 Å². The van der Waals surface area contributed by atoms with Gasteiger partial charge in [0.05, 0.1) is 6.04 Å². The second-order valence-corrected chi connectivity index (χ2v) is 6.00. The van der Waals surface area contributed by atoms with Crippen LogP contribution in [0.1, 0.15) is 0 Å². The Labute approximate surface area is 138 Å². The first kappa shape index (κ1) is 15.2. The van der Waals surface area contributed by atoms with Gasteiger partial charge in [0, 0.05) is 32.7 Å². The molecule has 4 heterocycles. The van der Waals surface area contributed by atoms with Crippen LogP contribution in [-0.4, -0.2) is 73.9 Å². The third-order valence-corrected chi connectivity index (χ3v) is 4.35. The molecule has 0 saturated carbocycles. The summed E-state index contributed by atoms with van der Waals surface area (Å²) in [6, 6.07) is 3.33. The van der Waals surface area contributed by atoms with Gasteiger partial charge in [0.1, 0.15) is 12.4 Å². The van der Waals surface area contributed by atoms with E-state index in [0.29, 0.717) is 24.0 Å². The van der Waals surface area contributed by atoms with Crippen LogP contribution in [0, 0.1) is 0 Å². The molecule has 0 unspecified atom stereocenters. The minimum absolute atomic E-state index is 0.0224. The molecule has 3 aliphatic rings. The monoisotopic (exact) mass is 333 g/mol. The van der Waals surface area contributed by atoms with E-state index >= 15 is 0 Å². The summed E-state index contributed by atoms with van der Waals surface area (Å²) in [5.74, 6) is 1.05. The SMILES string of the molecule is O=C1COc2ccc(N3C(=O)OC[C@@H]3CN3CCNCC3)nc2N1. The van der Waals surface area contributed by atoms with Crippen LogP contribution < -0.4 is 20.3 Å².